The van der Waals surface area contributed by atoms with Crippen molar-refractivity contribution in [3.05, 3.63) is 47.4 Å². The van der Waals surface area contributed by atoms with Crippen LogP contribution in [0.2, 0.25) is 0 Å². The highest BCUT2D eigenvalue weighted by atomic mass is 16.5. The van der Waals surface area contributed by atoms with Gasteiger partial charge in [0.25, 0.3) is 0 Å². The SMILES string of the molecule is COc1ccc(CNC(=O)N2CCCC(Oc3cc(C)nc(C)n3)C2)cc1. The van der Waals surface area contributed by atoms with Crippen molar-refractivity contribution < 1.29 is 14.3 Å². The van der Waals surface area contributed by atoms with E-state index < -0.39 is 0 Å². The second-order valence-electron chi connectivity index (χ2n) is 6.73. The lowest BCUT2D eigenvalue weighted by atomic mass is 10.1. The zero-order chi connectivity index (χ0) is 19.2. The number of amides is 2. The Labute approximate surface area is 159 Å². The molecule has 1 saturated heterocycles. The highest BCUT2D eigenvalue weighted by Crippen LogP contribution is 2.18. The van der Waals surface area contributed by atoms with Gasteiger partial charge in [-0.1, -0.05) is 12.1 Å². The molecule has 7 heteroatoms. The van der Waals surface area contributed by atoms with E-state index in [2.05, 4.69) is 15.3 Å². The summed E-state index contributed by atoms with van der Waals surface area (Å²) >= 11 is 0. The molecule has 1 aromatic heterocycles. The number of urea groups is 1. The van der Waals surface area contributed by atoms with E-state index in [0.717, 1.165) is 36.4 Å². The number of carbonyl (C=O) groups is 1. The van der Waals surface area contributed by atoms with Crippen LogP contribution >= 0.6 is 0 Å². The Balaban J connectivity index is 1.52. The number of rotatable bonds is 5. The van der Waals surface area contributed by atoms with E-state index in [1.165, 1.54) is 0 Å². The fourth-order valence-corrected chi connectivity index (χ4v) is 3.17. The lowest BCUT2D eigenvalue weighted by Gasteiger charge is -2.32. The maximum absolute atomic E-state index is 12.5. The number of nitrogens with one attached hydrogen (secondary N) is 1. The largest absolute Gasteiger partial charge is 0.497 e. The number of hydrogen-bond acceptors (Lipinski definition) is 5. The first-order chi connectivity index (χ1) is 13.0. The lowest BCUT2D eigenvalue weighted by molar-refractivity contribution is 0.0974. The minimum absolute atomic E-state index is 0.0563. The third-order valence-electron chi connectivity index (χ3n) is 4.50. The fraction of sp³-hybridized carbons (Fsp3) is 0.450. The molecule has 2 aromatic rings. The third-order valence-corrected chi connectivity index (χ3v) is 4.50. The van der Waals surface area contributed by atoms with Crippen molar-refractivity contribution in [1.29, 1.82) is 0 Å². The van der Waals surface area contributed by atoms with Gasteiger partial charge in [0, 0.05) is 24.8 Å². The molecule has 1 aliphatic rings. The molecule has 1 unspecified atom stereocenters. The minimum Gasteiger partial charge on any atom is -0.497 e. The first-order valence-electron chi connectivity index (χ1n) is 9.18. The molecule has 2 heterocycles. The molecule has 0 saturated carbocycles. The van der Waals surface area contributed by atoms with Gasteiger partial charge in [0.05, 0.1) is 13.7 Å². The minimum atomic E-state index is -0.0748. The van der Waals surface area contributed by atoms with Crippen LogP contribution in [0.1, 0.15) is 29.9 Å². The average Bonchev–Trinajstić information content (AvgIpc) is 2.66. The molecule has 0 radical (unpaired) electrons. The molecule has 1 N–H and O–H groups in total. The fourth-order valence-electron chi connectivity index (χ4n) is 3.17. The summed E-state index contributed by atoms with van der Waals surface area (Å²) in [7, 11) is 1.63. The third kappa shape index (κ3) is 5.32. The zero-order valence-corrected chi connectivity index (χ0v) is 16.1. The number of carbonyl (C=O) groups excluding carboxylic acids is 1. The normalized spacial score (nSPS) is 16.7. The molecule has 144 valence electrons. The van der Waals surface area contributed by atoms with Crippen molar-refractivity contribution >= 4 is 6.03 Å². The second kappa shape index (κ2) is 8.70. The molecule has 1 fully saturated rings. The van der Waals surface area contributed by atoms with E-state index in [9.17, 15) is 4.79 Å². The molecule has 27 heavy (non-hydrogen) atoms. The Morgan fingerprint density at radius 2 is 2.04 bits per heavy atom. The summed E-state index contributed by atoms with van der Waals surface area (Å²) in [5.74, 6) is 2.07. The van der Waals surface area contributed by atoms with Crippen LogP contribution in [0.3, 0.4) is 0 Å². The van der Waals surface area contributed by atoms with Crippen LogP contribution in [-0.4, -0.2) is 47.2 Å². The number of nitrogens with zero attached hydrogens (tertiary/aromatic N) is 3. The quantitative estimate of drug-likeness (QED) is 0.876. The molecular formula is C20H26N4O3. The first kappa shape index (κ1) is 18.9. The molecule has 7 nitrogen and oxygen atoms in total. The van der Waals surface area contributed by atoms with Gasteiger partial charge in [-0.15, -0.1) is 0 Å². The van der Waals surface area contributed by atoms with Gasteiger partial charge in [-0.25, -0.2) is 9.78 Å². The lowest BCUT2D eigenvalue weighted by Crippen LogP contribution is -2.48. The van der Waals surface area contributed by atoms with Crippen molar-refractivity contribution in [3.8, 4) is 11.6 Å². The molecule has 0 spiro atoms. The summed E-state index contributed by atoms with van der Waals surface area (Å²) in [6.07, 6.45) is 1.76. The van der Waals surface area contributed by atoms with Crippen LogP contribution in [0.5, 0.6) is 11.6 Å². The first-order valence-corrected chi connectivity index (χ1v) is 9.18. The van der Waals surface area contributed by atoms with Gasteiger partial charge in [0.15, 0.2) is 0 Å². The molecule has 1 atom stereocenters. The van der Waals surface area contributed by atoms with E-state index in [1.807, 2.05) is 44.2 Å². The summed E-state index contributed by atoms with van der Waals surface area (Å²) in [6.45, 7) is 5.53. The smallest absolute Gasteiger partial charge is 0.317 e. The highest BCUT2D eigenvalue weighted by Gasteiger charge is 2.25. The van der Waals surface area contributed by atoms with Gasteiger partial charge in [0.2, 0.25) is 5.88 Å². The van der Waals surface area contributed by atoms with E-state index in [0.29, 0.717) is 24.8 Å². The van der Waals surface area contributed by atoms with Crippen molar-refractivity contribution in [3.63, 3.8) is 0 Å². The molecule has 1 aliphatic heterocycles. The number of likely N-dealkylation sites (tertiary alicyclic amines) is 1. The maximum atomic E-state index is 12.5. The van der Waals surface area contributed by atoms with Gasteiger partial charge in [-0.3, -0.25) is 0 Å². The number of ether oxygens (including phenoxy) is 2. The summed E-state index contributed by atoms with van der Waals surface area (Å²) in [4.78, 5) is 22.9. The maximum Gasteiger partial charge on any atom is 0.317 e. The van der Waals surface area contributed by atoms with Gasteiger partial charge in [-0.05, 0) is 44.4 Å². The summed E-state index contributed by atoms with van der Waals surface area (Å²) in [6, 6.07) is 9.42. The average molecular weight is 370 g/mol. The summed E-state index contributed by atoms with van der Waals surface area (Å²) in [5.41, 5.74) is 1.91. The van der Waals surface area contributed by atoms with Crippen LogP contribution < -0.4 is 14.8 Å². The number of piperidine rings is 1. The predicted molar refractivity (Wildman–Crippen MR) is 102 cm³/mol. The van der Waals surface area contributed by atoms with Crippen molar-refractivity contribution in [2.45, 2.75) is 39.3 Å². The Hall–Kier alpha value is -2.83. The Morgan fingerprint density at radius 3 is 2.74 bits per heavy atom. The Kier molecular flexibility index (Phi) is 6.11. The summed E-state index contributed by atoms with van der Waals surface area (Å²) < 4.78 is 11.1. The second-order valence-corrected chi connectivity index (χ2v) is 6.73. The zero-order valence-electron chi connectivity index (χ0n) is 16.1. The van der Waals surface area contributed by atoms with Gasteiger partial charge < -0.3 is 19.7 Å². The van der Waals surface area contributed by atoms with Gasteiger partial charge >= 0.3 is 6.03 Å². The predicted octanol–water partition coefficient (Wildman–Crippen LogP) is 2.86. The number of aromatic nitrogens is 2. The number of aryl methyl sites for hydroxylation is 2. The highest BCUT2D eigenvalue weighted by molar-refractivity contribution is 5.74. The Morgan fingerprint density at radius 1 is 1.26 bits per heavy atom. The Bertz CT molecular complexity index is 759. The van der Waals surface area contributed by atoms with Gasteiger partial charge in [0.1, 0.15) is 17.7 Å². The van der Waals surface area contributed by atoms with Crippen LogP contribution in [-0.2, 0) is 6.54 Å². The van der Waals surface area contributed by atoms with Crippen molar-refractivity contribution in [2.24, 2.45) is 0 Å². The summed E-state index contributed by atoms with van der Waals surface area (Å²) in [5, 5.41) is 2.97. The van der Waals surface area contributed by atoms with E-state index in [4.69, 9.17) is 9.47 Å². The molecular weight excluding hydrogens is 344 g/mol. The molecule has 3 rings (SSSR count). The van der Waals surface area contributed by atoms with Crippen LogP contribution in [0.25, 0.3) is 0 Å². The van der Waals surface area contributed by atoms with E-state index in [-0.39, 0.29) is 12.1 Å². The standard InChI is InChI=1S/C20H26N4O3/c1-14-11-19(23-15(2)22-14)27-18-5-4-10-24(13-18)20(25)21-12-16-6-8-17(26-3)9-7-16/h6-9,11,18H,4-5,10,12-13H2,1-3H3,(H,21,25). The van der Waals surface area contributed by atoms with Gasteiger partial charge in [-0.2, -0.15) is 4.98 Å². The molecule has 0 aliphatic carbocycles. The number of methoxy groups -OCH3 is 1. The number of benzene rings is 1. The van der Waals surface area contributed by atoms with Crippen LogP contribution in [0.4, 0.5) is 4.79 Å². The number of hydrogen-bond donors (Lipinski definition) is 1. The molecule has 0 bridgehead atoms. The topological polar surface area (TPSA) is 76.6 Å². The van der Waals surface area contributed by atoms with E-state index in [1.54, 1.807) is 12.0 Å². The van der Waals surface area contributed by atoms with Crippen LogP contribution in [0, 0.1) is 13.8 Å². The van der Waals surface area contributed by atoms with Crippen molar-refractivity contribution in [2.75, 3.05) is 20.2 Å². The van der Waals surface area contributed by atoms with Crippen LogP contribution in [0.15, 0.2) is 30.3 Å². The van der Waals surface area contributed by atoms with E-state index >= 15 is 0 Å². The molecule has 1 aromatic carbocycles. The van der Waals surface area contributed by atoms with Crippen molar-refractivity contribution in [1.82, 2.24) is 20.2 Å². The monoisotopic (exact) mass is 370 g/mol. The molecule has 2 amide bonds.